The third kappa shape index (κ3) is 4.09. The summed E-state index contributed by atoms with van der Waals surface area (Å²) < 4.78 is 10.2. The molecule has 0 aromatic carbocycles. The Morgan fingerprint density at radius 3 is 2.73 bits per heavy atom. The molecule has 1 aliphatic rings. The van der Waals surface area contributed by atoms with Crippen molar-refractivity contribution in [3.05, 3.63) is 24.2 Å². The molecule has 1 aromatic heterocycles. The summed E-state index contributed by atoms with van der Waals surface area (Å²) in [4.78, 5) is 34.7. The summed E-state index contributed by atoms with van der Waals surface area (Å²) in [5.41, 5.74) is -0.999. The van der Waals surface area contributed by atoms with Gasteiger partial charge in [0, 0.05) is 0 Å². The Morgan fingerprint density at radius 1 is 1.32 bits per heavy atom. The van der Waals surface area contributed by atoms with Crippen LogP contribution in [0.15, 0.2) is 22.8 Å². The van der Waals surface area contributed by atoms with Crippen LogP contribution in [0.25, 0.3) is 0 Å². The minimum Gasteiger partial charge on any atom is -0.466 e. The summed E-state index contributed by atoms with van der Waals surface area (Å²) in [6, 6.07) is 3.40. The van der Waals surface area contributed by atoms with Gasteiger partial charge in [0.2, 0.25) is 5.91 Å². The Hall–Kier alpha value is -2.31. The van der Waals surface area contributed by atoms with E-state index in [0.29, 0.717) is 24.9 Å². The van der Waals surface area contributed by atoms with Crippen LogP contribution in [0.3, 0.4) is 0 Å². The molecule has 120 valence electrons. The maximum atomic E-state index is 12.3. The molecule has 0 unspecified atom stereocenters. The van der Waals surface area contributed by atoms with E-state index in [2.05, 4.69) is 10.6 Å². The van der Waals surface area contributed by atoms with Crippen molar-refractivity contribution in [2.75, 3.05) is 6.54 Å². The first-order valence-corrected chi connectivity index (χ1v) is 7.35. The number of carbonyl (C=O) groups excluding carboxylic acids is 3. The van der Waals surface area contributed by atoms with Crippen molar-refractivity contribution in [3.63, 3.8) is 0 Å². The minimum atomic E-state index is -0.999. The number of hydrogen-bond acceptors (Lipinski definition) is 5. The van der Waals surface area contributed by atoms with Gasteiger partial charge in [0.1, 0.15) is 17.6 Å². The first kappa shape index (κ1) is 16.1. The average Bonchev–Trinajstić information content (AvgIpc) is 3.05. The van der Waals surface area contributed by atoms with E-state index in [1.165, 1.54) is 6.26 Å². The summed E-state index contributed by atoms with van der Waals surface area (Å²) in [5.74, 6) is 0.187. The molecule has 0 spiro atoms. The van der Waals surface area contributed by atoms with Crippen molar-refractivity contribution in [1.82, 2.24) is 10.6 Å². The Labute approximate surface area is 128 Å². The molecule has 0 bridgehead atoms. The molecular formula is C15H20N2O5. The normalized spacial score (nSPS) is 16.5. The number of amides is 2. The van der Waals surface area contributed by atoms with E-state index in [-0.39, 0.29) is 19.1 Å². The standard InChI is InChI=1S/C15H20N2O5/c18-9-8-16-13(19)15(6-2-1-3-7-15)17-14(20)22-11-12-5-4-10-21-12/h4-5,9-10H,1-3,6-8,11H2,(H,16,19)(H,17,20). The first-order chi connectivity index (χ1) is 10.7. The van der Waals surface area contributed by atoms with Crippen molar-refractivity contribution in [2.24, 2.45) is 0 Å². The van der Waals surface area contributed by atoms with Crippen LogP contribution in [-0.4, -0.2) is 30.4 Å². The topological polar surface area (TPSA) is 97.6 Å². The van der Waals surface area contributed by atoms with E-state index in [1.54, 1.807) is 12.1 Å². The number of rotatable bonds is 6. The zero-order chi connectivity index (χ0) is 15.8. The summed E-state index contributed by atoms with van der Waals surface area (Å²) >= 11 is 0. The number of alkyl carbamates (subject to hydrolysis) is 1. The highest BCUT2D eigenvalue weighted by Crippen LogP contribution is 2.28. The number of carbonyl (C=O) groups is 3. The summed E-state index contributed by atoms with van der Waals surface area (Å²) in [7, 11) is 0. The zero-order valence-electron chi connectivity index (χ0n) is 12.3. The molecule has 0 radical (unpaired) electrons. The summed E-state index contributed by atoms with van der Waals surface area (Å²) in [5, 5.41) is 5.19. The van der Waals surface area contributed by atoms with Crippen LogP contribution in [0.1, 0.15) is 37.9 Å². The van der Waals surface area contributed by atoms with Gasteiger partial charge >= 0.3 is 6.09 Å². The lowest BCUT2D eigenvalue weighted by Crippen LogP contribution is -2.60. The quantitative estimate of drug-likeness (QED) is 0.777. The van der Waals surface area contributed by atoms with Gasteiger partial charge in [-0.15, -0.1) is 0 Å². The highest BCUT2D eigenvalue weighted by molar-refractivity contribution is 5.91. The monoisotopic (exact) mass is 308 g/mol. The van der Waals surface area contributed by atoms with E-state index in [9.17, 15) is 14.4 Å². The molecule has 1 aliphatic carbocycles. The van der Waals surface area contributed by atoms with Gasteiger partial charge in [0.05, 0.1) is 12.8 Å². The van der Waals surface area contributed by atoms with Gasteiger partial charge in [-0.25, -0.2) is 4.79 Å². The van der Waals surface area contributed by atoms with E-state index in [4.69, 9.17) is 9.15 Å². The molecule has 0 aliphatic heterocycles. The molecule has 2 N–H and O–H groups in total. The second-order valence-corrected chi connectivity index (χ2v) is 5.30. The number of hydrogen-bond donors (Lipinski definition) is 2. The van der Waals surface area contributed by atoms with Gasteiger partial charge < -0.3 is 24.6 Å². The van der Waals surface area contributed by atoms with E-state index in [0.717, 1.165) is 19.3 Å². The van der Waals surface area contributed by atoms with Gasteiger partial charge in [-0.3, -0.25) is 4.79 Å². The number of ether oxygens (including phenoxy) is 1. The van der Waals surface area contributed by atoms with Gasteiger partial charge in [0.15, 0.2) is 6.61 Å². The Balaban J connectivity index is 1.94. The molecule has 1 heterocycles. The van der Waals surface area contributed by atoms with E-state index in [1.807, 2.05) is 0 Å². The SMILES string of the molecule is O=CCNC(=O)C1(NC(=O)OCc2ccco2)CCCCC1. The van der Waals surface area contributed by atoms with Crippen LogP contribution >= 0.6 is 0 Å². The van der Waals surface area contributed by atoms with Crippen LogP contribution in [0.5, 0.6) is 0 Å². The number of nitrogens with one attached hydrogen (secondary N) is 2. The van der Waals surface area contributed by atoms with E-state index < -0.39 is 11.6 Å². The van der Waals surface area contributed by atoms with Gasteiger partial charge in [-0.1, -0.05) is 19.3 Å². The summed E-state index contributed by atoms with van der Waals surface area (Å²) in [6.45, 7) is -0.0609. The largest absolute Gasteiger partial charge is 0.466 e. The predicted molar refractivity (Wildman–Crippen MR) is 76.9 cm³/mol. The molecule has 1 aromatic rings. The molecule has 0 saturated heterocycles. The highest BCUT2D eigenvalue weighted by atomic mass is 16.6. The van der Waals surface area contributed by atoms with Crippen molar-refractivity contribution >= 4 is 18.3 Å². The maximum Gasteiger partial charge on any atom is 0.408 e. The minimum absolute atomic E-state index is 0.00483. The molecule has 1 fully saturated rings. The molecule has 2 amide bonds. The van der Waals surface area contributed by atoms with Crippen molar-refractivity contribution in [3.8, 4) is 0 Å². The summed E-state index contributed by atoms with van der Waals surface area (Å²) in [6.07, 6.45) is 5.21. The molecule has 22 heavy (non-hydrogen) atoms. The zero-order valence-corrected chi connectivity index (χ0v) is 12.3. The smallest absolute Gasteiger partial charge is 0.408 e. The van der Waals surface area contributed by atoms with Crippen LogP contribution < -0.4 is 10.6 Å². The van der Waals surface area contributed by atoms with E-state index >= 15 is 0 Å². The fourth-order valence-corrected chi connectivity index (χ4v) is 2.63. The van der Waals surface area contributed by atoms with Crippen molar-refractivity contribution in [1.29, 1.82) is 0 Å². The lowest BCUT2D eigenvalue weighted by Gasteiger charge is -2.35. The second kappa shape index (κ2) is 7.63. The molecule has 1 saturated carbocycles. The highest BCUT2D eigenvalue weighted by Gasteiger charge is 2.41. The fraction of sp³-hybridized carbons (Fsp3) is 0.533. The fourth-order valence-electron chi connectivity index (χ4n) is 2.63. The maximum absolute atomic E-state index is 12.3. The third-order valence-electron chi connectivity index (χ3n) is 3.75. The van der Waals surface area contributed by atoms with Gasteiger partial charge in [-0.05, 0) is 25.0 Å². The second-order valence-electron chi connectivity index (χ2n) is 5.30. The molecule has 2 rings (SSSR count). The van der Waals surface area contributed by atoms with Gasteiger partial charge in [0.25, 0.3) is 0 Å². The van der Waals surface area contributed by atoms with Gasteiger partial charge in [-0.2, -0.15) is 0 Å². The number of furan rings is 1. The Kier molecular flexibility index (Phi) is 5.57. The van der Waals surface area contributed by atoms with Crippen molar-refractivity contribution in [2.45, 2.75) is 44.2 Å². The van der Waals surface area contributed by atoms with Crippen LogP contribution in [0, 0.1) is 0 Å². The van der Waals surface area contributed by atoms with Crippen molar-refractivity contribution < 1.29 is 23.5 Å². The lowest BCUT2D eigenvalue weighted by molar-refractivity contribution is -0.129. The lowest BCUT2D eigenvalue weighted by atomic mass is 9.81. The molecule has 7 nitrogen and oxygen atoms in total. The van der Waals surface area contributed by atoms with Crippen LogP contribution in [0.2, 0.25) is 0 Å². The molecule has 7 heteroatoms. The first-order valence-electron chi connectivity index (χ1n) is 7.35. The molecular weight excluding hydrogens is 288 g/mol. The number of aldehydes is 1. The third-order valence-corrected chi connectivity index (χ3v) is 3.75. The predicted octanol–water partition coefficient (Wildman–Crippen LogP) is 1.52. The van der Waals surface area contributed by atoms with Crippen LogP contribution in [-0.2, 0) is 20.9 Å². The average molecular weight is 308 g/mol. The molecule has 0 atom stereocenters. The van der Waals surface area contributed by atoms with Crippen LogP contribution in [0.4, 0.5) is 4.79 Å². The Bertz CT molecular complexity index is 506. The Morgan fingerprint density at radius 2 is 2.09 bits per heavy atom.